The predicted octanol–water partition coefficient (Wildman–Crippen LogP) is 3.09. The van der Waals surface area contributed by atoms with Gasteiger partial charge in [-0.05, 0) is 36.2 Å². The minimum atomic E-state index is 0.770. The van der Waals surface area contributed by atoms with Gasteiger partial charge < -0.3 is 23.8 Å². The van der Waals surface area contributed by atoms with Crippen LogP contribution in [0.1, 0.15) is 5.56 Å². The fraction of sp³-hybridized carbons (Fsp3) is 0.455. The number of ether oxygens (including phenoxy) is 4. The van der Waals surface area contributed by atoms with Crippen molar-refractivity contribution < 1.29 is 18.9 Å². The van der Waals surface area contributed by atoms with Gasteiger partial charge in [-0.25, -0.2) is 0 Å². The summed E-state index contributed by atoms with van der Waals surface area (Å²) in [4.78, 5) is 4.87. The second-order valence-corrected chi connectivity index (χ2v) is 6.81. The van der Waals surface area contributed by atoms with Crippen LogP contribution in [0.25, 0.3) is 0 Å². The first kappa shape index (κ1) is 20.1. The smallest absolute Gasteiger partial charge is 0.160 e. The van der Waals surface area contributed by atoms with Crippen LogP contribution in [0.4, 0.5) is 5.69 Å². The molecule has 0 atom stereocenters. The van der Waals surface area contributed by atoms with Crippen LogP contribution in [-0.4, -0.2) is 66.1 Å². The summed E-state index contributed by atoms with van der Waals surface area (Å²) in [6.07, 6.45) is 0.989. The molecule has 0 radical (unpaired) electrons. The van der Waals surface area contributed by atoms with Gasteiger partial charge in [0.05, 0.1) is 34.1 Å². The molecule has 1 aliphatic heterocycles. The number of hydrogen-bond acceptors (Lipinski definition) is 6. The predicted molar refractivity (Wildman–Crippen MR) is 111 cm³/mol. The molecule has 152 valence electrons. The van der Waals surface area contributed by atoms with Crippen LogP contribution in [0.3, 0.4) is 0 Å². The highest BCUT2D eigenvalue weighted by atomic mass is 16.5. The number of rotatable bonds is 8. The summed E-state index contributed by atoms with van der Waals surface area (Å²) in [7, 11) is 6.74. The van der Waals surface area contributed by atoms with Crippen molar-refractivity contribution in [2.75, 3.05) is 66.1 Å². The van der Waals surface area contributed by atoms with Gasteiger partial charge in [-0.1, -0.05) is 6.07 Å². The van der Waals surface area contributed by atoms with Gasteiger partial charge in [0, 0.05) is 38.8 Å². The highest BCUT2D eigenvalue weighted by Gasteiger charge is 2.20. The van der Waals surface area contributed by atoms with E-state index in [1.807, 2.05) is 18.2 Å². The van der Waals surface area contributed by atoms with Crippen molar-refractivity contribution in [1.82, 2.24) is 4.90 Å². The number of anilines is 1. The summed E-state index contributed by atoms with van der Waals surface area (Å²) < 4.78 is 21.6. The minimum absolute atomic E-state index is 0.770. The Balaban J connectivity index is 1.56. The van der Waals surface area contributed by atoms with Crippen LogP contribution >= 0.6 is 0 Å². The fourth-order valence-corrected chi connectivity index (χ4v) is 3.58. The van der Waals surface area contributed by atoms with Gasteiger partial charge in [-0.15, -0.1) is 0 Å². The van der Waals surface area contributed by atoms with Crippen LogP contribution in [0.15, 0.2) is 36.4 Å². The molecule has 2 aromatic rings. The summed E-state index contributed by atoms with van der Waals surface area (Å²) in [5.74, 6) is 3.30. The molecule has 1 fully saturated rings. The molecule has 0 unspecified atom stereocenters. The Labute approximate surface area is 167 Å². The fourth-order valence-electron chi connectivity index (χ4n) is 3.58. The van der Waals surface area contributed by atoms with Gasteiger partial charge in [-0.3, -0.25) is 4.90 Å². The highest BCUT2D eigenvalue weighted by molar-refractivity contribution is 5.62. The van der Waals surface area contributed by atoms with Crippen molar-refractivity contribution in [2.45, 2.75) is 6.42 Å². The van der Waals surface area contributed by atoms with Crippen molar-refractivity contribution in [3.8, 4) is 23.0 Å². The zero-order valence-electron chi connectivity index (χ0n) is 17.2. The van der Waals surface area contributed by atoms with E-state index in [0.717, 1.165) is 67.8 Å². The van der Waals surface area contributed by atoms with Gasteiger partial charge in [0.15, 0.2) is 11.5 Å². The van der Waals surface area contributed by atoms with E-state index < -0.39 is 0 Å². The van der Waals surface area contributed by atoms with Crippen LogP contribution < -0.4 is 23.8 Å². The van der Waals surface area contributed by atoms with Gasteiger partial charge in [-0.2, -0.15) is 0 Å². The van der Waals surface area contributed by atoms with Gasteiger partial charge in [0.1, 0.15) is 11.5 Å². The Morgan fingerprint density at radius 3 is 2.04 bits per heavy atom. The van der Waals surface area contributed by atoms with E-state index in [0.29, 0.717) is 0 Å². The van der Waals surface area contributed by atoms with Crippen LogP contribution in [0.2, 0.25) is 0 Å². The molecule has 0 saturated carbocycles. The topological polar surface area (TPSA) is 43.4 Å². The lowest BCUT2D eigenvalue weighted by atomic mass is 10.1. The standard InChI is InChI=1S/C22H30N2O4/c1-25-18-6-8-20(26-2)19(16-18)24-13-11-23(12-14-24)10-9-17-5-7-21(27-3)22(15-17)28-4/h5-8,15-16H,9-14H2,1-4H3. The molecule has 28 heavy (non-hydrogen) atoms. The molecule has 2 aromatic carbocycles. The number of benzene rings is 2. The van der Waals surface area contributed by atoms with Crippen LogP contribution in [-0.2, 0) is 6.42 Å². The zero-order chi connectivity index (χ0) is 19.9. The van der Waals surface area contributed by atoms with E-state index in [4.69, 9.17) is 18.9 Å². The first-order chi connectivity index (χ1) is 13.7. The maximum absolute atomic E-state index is 5.54. The summed E-state index contributed by atoms with van der Waals surface area (Å²) in [6, 6.07) is 12.1. The second kappa shape index (κ2) is 9.55. The van der Waals surface area contributed by atoms with Gasteiger partial charge >= 0.3 is 0 Å². The molecule has 0 spiro atoms. The largest absolute Gasteiger partial charge is 0.497 e. The first-order valence-corrected chi connectivity index (χ1v) is 9.58. The molecule has 3 rings (SSSR count). The lowest BCUT2D eigenvalue weighted by Crippen LogP contribution is -2.47. The molecular formula is C22H30N2O4. The lowest BCUT2D eigenvalue weighted by molar-refractivity contribution is 0.260. The van der Waals surface area contributed by atoms with Crippen molar-refractivity contribution in [3.63, 3.8) is 0 Å². The quantitative estimate of drug-likeness (QED) is 0.695. The summed E-state index contributed by atoms with van der Waals surface area (Å²) in [5.41, 5.74) is 2.36. The van der Waals surface area contributed by atoms with E-state index in [-0.39, 0.29) is 0 Å². The third kappa shape index (κ3) is 4.62. The Morgan fingerprint density at radius 1 is 0.714 bits per heavy atom. The van der Waals surface area contributed by atoms with E-state index in [9.17, 15) is 0 Å². The maximum Gasteiger partial charge on any atom is 0.160 e. The minimum Gasteiger partial charge on any atom is -0.497 e. The van der Waals surface area contributed by atoms with Gasteiger partial charge in [0.2, 0.25) is 0 Å². The first-order valence-electron chi connectivity index (χ1n) is 9.58. The van der Waals surface area contributed by atoms with E-state index in [1.54, 1.807) is 28.4 Å². The molecule has 6 heteroatoms. The van der Waals surface area contributed by atoms with Crippen molar-refractivity contribution in [3.05, 3.63) is 42.0 Å². The Morgan fingerprint density at radius 2 is 1.39 bits per heavy atom. The SMILES string of the molecule is COc1ccc(OC)c(N2CCN(CCc3ccc(OC)c(OC)c3)CC2)c1. The molecule has 1 saturated heterocycles. The number of piperazine rings is 1. The molecule has 0 aliphatic carbocycles. The molecule has 0 bridgehead atoms. The zero-order valence-corrected chi connectivity index (χ0v) is 17.2. The van der Waals surface area contributed by atoms with E-state index in [1.165, 1.54) is 5.56 Å². The molecule has 0 N–H and O–H groups in total. The van der Waals surface area contributed by atoms with Crippen molar-refractivity contribution in [2.24, 2.45) is 0 Å². The Bertz CT molecular complexity index is 773. The maximum atomic E-state index is 5.54. The number of nitrogens with zero attached hydrogens (tertiary/aromatic N) is 2. The monoisotopic (exact) mass is 386 g/mol. The number of methoxy groups -OCH3 is 4. The number of hydrogen-bond donors (Lipinski definition) is 0. The van der Waals surface area contributed by atoms with E-state index in [2.05, 4.69) is 28.0 Å². The molecule has 0 aromatic heterocycles. The average Bonchev–Trinajstić information content (AvgIpc) is 2.77. The Kier molecular flexibility index (Phi) is 6.87. The summed E-state index contributed by atoms with van der Waals surface area (Å²) in [6.45, 7) is 5.00. The highest BCUT2D eigenvalue weighted by Crippen LogP contribution is 2.33. The normalized spacial score (nSPS) is 14.6. The Hall–Kier alpha value is -2.60. The average molecular weight is 386 g/mol. The third-order valence-corrected chi connectivity index (χ3v) is 5.26. The molecule has 1 heterocycles. The van der Waals surface area contributed by atoms with Crippen LogP contribution in [0, 0.1) is 0 Å². The van der Waals surface area contributed by atoms with Gasteiger partial charge in [0.25, 0.3) is 0 Å². The second-order valence-electron chi connectivity index (χ2n) is 6.81. The third-order valence-electron chi connectivity index (χ3n) is 5.26. The molecule has 1 aliphatic rings. The molecular weight excluding hydrogens is 356 g/mol. The van der Waals surface area contributed by atoms with Crippen LogP contribution in [0.5, 0.6) is 23.0 Å². The summed E-state index contributed by atoms with van der Waals surface area (Å²) in [5, 5.41) is 0. The summed E-state index contributed by atoms with van der Waals surface area (Å²) >= 11 is 0. The van der Waals surface area contributed by atoms with Crippen molar-refractivity contribution >= 4 is 5.69 Å². The molecule has 0 amide bonds. The van der Waals surface area contributed by atoms with E-state index >= 15 is 0 Å². The molecule has 6 nitrogen and oxygen atoms in total. The van der Waals surface area contributed by atoms with Crippen molar-refractivity contribution in [1.29, 1.82) is 0 Å². The lowest BCUT2D eigenvalue weighted by Gasteiger charge is -2.36.